The number of nitriles is 1. The van der Waals surface area contributed by atoms with E-state index in [1.165, 1.54) is 5.56 Å². The number of rotatable bonds is 2. The standard InChI is InChI=1S/C17H23N3O2/c1-17(2,3)22-16(21)20-10-9-19(15(11-18)13-20)12-14-7-5-4-6-8-14/h4-8,15H,9-10,12-13H2,1-3H3. The van der Waals surface area contributed by atoms with Gasteiger partial charge >= 0.3 is 6.09 Å². The Hall–Kier alpha value is -2.06. The Morgan fingerprint density at radius 2 is 2.00 bits per heavy atom. The number of benzene rings is 1. The largest absolute Gasteiger partial charge is 0.444 e. The lowest BCUT2D eigenvalue weighted by Gasteiger charge is -2.38. The summed E-state index contributed by atoms with van der Waals surface area (Å²) in [5, 5.41) is 9.40. The third-order valence-electron chi connectivity index (χ3n) is 3.52. The zero-order valence-electron chi connectivity index (χ0n) is 13.5. The molecule has 0 aliphatic carbocycles. The van der Waals surface area contributed by atoms with Crippen molar-refractivity contribution in [3.8, 4) is 6.07 Å². The maximum atomic E-state index is 12.1. The summed E-state index contributed by atoms with van der Waals surface area (Å²) < 4.78 is 5.38. The molecule has 22 heavy (non-hydrogen) atoms. The van der Waals surface area contributed by atoms with Gasteiger partial charge in [0.05, 0.1) is 12.6 Å². The van der Waals surface area contributed by atoms with Crippen molar-refractivity contribution in [2.24, 2.45) is 0 Å². The number of nitrogens with zero attached hydrogens (tertiary/aromatic N) is 3. The number of ether oxygens (including phenoxy) is 1. The first-order valence-corrected chi connectivity index (χ1v) is 7.54. The van der Waals surface area contributed by atoms with E-state index in [1.807, 2.05) is 39.0 Å². The molecule has 0 bridgehead atoms. The van der Waals surface area contributed by atoms with Gasteiger partial charge in [0.15, 0.2) is 0 Å². The number of hydrogen-bond donors (Lipinski definition) is 0. The third kappa shape index (κ3) is 4.47. The van der Waals surface area contributed by atoms with Gasteiger partial charge < -0.3 is 9.64 Å². The van der Waals surface area contributed by atoms with Crippen LogP contribution in [0.15, 0.2) is 30.3 Å². The van der Waals surface area contributed by atoms with E-state index >= 15 is 0 Å². The zero-order chi connectivity index (χ0) is 16.2. The van der Waals surface area contributed by atoms with Gasteiger partial charge in [-0.3, -0.25) is 4.90 Å². The van der Waals surface area contributed by atoms with E-state index in [9.17, 15) is 10.1 Å². The van der Waals surface area contributed by atoms with E-state index in [1.54, 1.807) is 4.90 Å². The highest BCUT2D eigenvalue weighted by atomic mass is 16.6. The molecule has 0 N–H and O–H groups in total. The third-order valence-corrected chi connectivity index (χ3v) is 3.52. The summed E-state index contributed by atoms with van der Waals surface area (Å²) in [7, 11) is 0. The van der Waals surface area contributed by atoms with Crippen molar-refractivity contribution in [3.63, 3.8) is 0 Å². The molecule has 0 saturated carbocycles. The second-order valence-electron chi connectivity index (χ2n) is 6.53. The number of carbonyl (C=O) groups excluding carboxylic acids is 1. The Kier molecular flexibility index (Phi) is 5.04. The molecule has 1 aromatic carbocycles. The van der Waals surface area contributed by atoms with Crippen LogP contribution in [0.4, 0.5) is 4.79 Å². The first-order chi connectivity index (χ1) is 10.4. The van der Waals surface area contributed by atoms with Gasteiger partial charge in [0.25, 0.3) is 0 Å². The number of carbonyl (C=O) groups is 1. The molecule has 0 aromatic heterocycles. The highest BCUT2D eigenvalue weighted by molar-refractivity contribution is 5.68. The van der Waals surface area contributed by atoms with Gasteiger partial charge in [-0.25, -0.2) is 4.79 Å². The molecule has 5 nitrogen and oxygen atoms in total. The molecular weight excluding hydrogens is 278 g/mol. The molecule has 0 radical (unpaired) electrons. The molecule has 1 aromatic rings. The van der Waals surface area contributed by atoms with Crippen LogP contribution in [0.1, 0.15) is 26.3 Å². The molecule has 1 amide bonds. The predicted molar refractivity (Wildman–Crippen MR) is 84.1 cm³/mol. The van der Waals surface area contributed by atoms with E-state index in [-0.39, 0.29) is 12.1 Å². The molecule has 1 aliphatic rings. The van der Waals surface area contributed by atoms with Crippen molar-refractivity contribution in [2.45, 2.75) is 39.0 Å². The van der Waals surface area contributed by atoms with E-state index in [0.717, 1.165) is 6.54 Å². The fourth-order valence-corrected chi connectivity index (χ4v) is 2.44. The smallest absolute Gasteiger partial charge is 0.410 e. The van der Waals surface area contributed by atoms with Gasteiger partial charge in [-0.2, -0.15) is 5.26 Å². The molecule has 1 fully saturated rings. The van der Waals surface area contributed by atoms with E-state index < -0.39 is 5.60 Å². The van der Waals surface area contributed by atoms with Crippen LogP contribution >= 0.6 is 0 Å². The van der Waals surface area contributed by atoms with Crippen molar-refractivity contribution >= 4 is 6.09 Å². The maximum absolute atomic E-state index is 12.1. The number of hydrogen-bond acceptors (Lipinski definition) is 4. The molecule has 118 valence electrons. The minimum atomic E-state index is -0.513. The lowest BCUT2D eigenvalue weighted by molar-refractivity contribution is 0.00835. The highest BCUT2D eigenvalue weighted by Gasteiger charge is 2.31. The maximum Gasteiger partial charge on any atom is 0.410 e. The Labute approximate surface area is 132 Å². The van der Waals surface area contributed by atoms with Gasteiger partial charge in [0.1, 0.15) is 11.6 Å². The molecular formula is C17H23N3O2. The first-order valence-electron chi connectivity index (χ1n) is 7.54. The Bertz CT molecular complexity index is 545. The van der Waals surface area contributed by atoms with E-state index in [4.69, 9.17) is 4.74 Å². The predicted octanol–water partition coefficient (Wildman–Crippen LogP) is 2.63. The second kappa shape index (κ2) is 6.80. The molecule has 2 rings (SSSR count). The van der Waals surface area contributed by atoms with Crippen molar-refractivity contribution in [1.82, 2.24) is 9.80 Å². The summed E-state index contributed by atoms with van der Waals surface area (Å²) in [6, 6.07) is 12.1. The fourth-order valence-electron chi connectivity index (χ4n) is 2.44. The topological polar surface area (TPSA) is 56.6 Å². The highest BCUT2D eigenvalue weighted by Crippen LogP contribution is 2.17. The van der Waals surface area contributed by atoms with Crippen LogP contribution in [0.5, 0.6) is 0 Å². The van der Waals surface area contributed by atoms with Gasteiger partial charge in [-0.1, -0.05) is 30.3 Å². The summed E-state index contributed by atoms with van der Waals surface area (Å²) in [6.07, 6.45) is -0.341. The molecule has 0 spiro atoms. The van der Waals surface area contributed by atoms with Gasteiger partial charge in [-0.15, -0.1) is 0 Å². The number of piperazine rings is 1. The van der Waals surface area contributed by atoms with Crippen LogP contribution < -0.4 is 0 Å². The van der Waals surface area contributed by atoms with Crippen molar-refractivity contribution < 1.29 is 9.53 Å². The van der Waals surface area contributed by atoms with E-state index in [2.05, 4.69) is 23.1 Å². The van der Waals surface area contributed by atoms with Crippen LogP contribution in [0.2, 0.25) is 0 Å². The average molecular weight is 301 g/mol. The molecule has 1 aliphatic heterocycles. The van der Waals surface area contributed by atoms with Gasteiger partial charge in [0.2, 0.25) is 0 Å². The Morgan fingerprint density at radius 3 is 2.59 bits per heavy atom. The second-order valence-corrected chi connectivity index (χ2v) is 6.53. The molecule has 5 heteroatoms. The summed E-state index contributed by atoms with van der Waals surface area (Å²) in [6.45, 7) is 7.90. The Morgan fingerprint density at radius 1 is 1.32 bits per heavy atom. The Balaban J connectivity index is 1.97. The van der Waals surface area contributed by atoms with Crippen LogP contribution in [0, 0.1) is 11.3 Å². The summed E-state index contributed by atoms with van der Waals surface area (Å²) in [5.74, 6) is 0. The van der Waals surface area contributed by atoms with Crippen molar-refractivity contribution in [1.29, 1.82) is 5.26 Å². The monoisotopic (exact) mass is 301 g/mol. The van der Waals surface area contributed by atoms with Gasteiger partial charge in [-0.05, 0) is 26.3 Å². The van der Waals surface area contributed by atoms with Crippen LogP contribution in [-0.2, 0) is 11.3 Å². The summed E-state index contributed by atoms with van der Waals surface area (Å²) in [5.41, 5.74) is 0.661. The number of amides is 1. The molecule has 1 atom stereocenters. The van der Waals surface area contributed by atoms with Crippen LogP contribution in [0.3, 0.4) is 0 Å². The zero-order valence-corrected chi connectivity index (χ0v) is 13.5. The first kappa shape index (κ1) is 16.3. The fraction of sp³-hybridized carbons (Fsp3) is 0.529. The normalized spacial score (nSPS) is 19.5. The van der Waals surface area contributed by atoms with Crippen LogP contribution in [-0.4, -0.2) is 47.2 Å². The SMILES string of the molecule is CC(C)(C)OC(=O)N1CCN(Cc2ccccc2)C(C#N)C1. The molecule has 1 saturated heterocycles. The quantitative estimate of drug-likeness (QED) is 0.842. The minimum Gasteiger partial charge on any atom is -0.444 e. The summed E-state index contributed by atoms with van der Waals surface area (Å²) >= 11 is 0. The summed E-state index contributed by atoms with van der Waals surface area (Å²) in [4.78, 5) is 15.8. The van der Waals surface area contributed by atoms with Gasteiger partial charge in [0, 0.05) is 19.6 Å². The lowest BCUT2D eigenvalue weighted by Crippen LogP contribution is -2.54. The lowest BCUT2D eigenvalue weighted by atomic mass is 10.1. The van der Waals surface area contributed by atoms with Crippen LogP contribution in [0.25, 0.3) is 0 Å². The molecule has 1 unspecified atom stereocenters. The minimum absolute atomic E-state index is 0.304. The molecule has 1 heterocycles. The van der Waals surface area contributed by atoms with E-state index in [0.29, 0.717) is 19.6 Å². The average Bonchev–Trinajstić information content (AvgIpc) is 2.47. The van der Waals surface area contributed by atoms with Crippen molar-refractivity contribution in [2.75, 3.05) is 19.6 Å². The van der Waals surface area contributed by atoms with Crippen molar-refractivity contribution in [3.05, 3.63) is 35.9 Å².